The van der Waals surface area contributed by atoms with E-state index in [0.29, 0.717) is 35.9 Å². The van der Waals surface area contributed by atoms with Crippen molar-refractivity contribution in [2.45, 2.75) is 32.7 Å². The molecule has 39 heavy (non-hydrogen) atoms. The van der Waals surface area contributed by atoms with Gasteiger partial charge in [-0.15, -0.1) is 0 Å². The van der Waals surface area contributed by atoms with Gasteiger partial charge in [0.05, 0.1) is 24.8 Å². The Morgan fingerprint density at radius 1 is 1.10 bits per heavy atom. The summed E-state index contributed by atoms with van der Waals surface area (Å²) in [6.45, 7) is 8.56. The summed E-state index contributed by atoms with van der Waals surface area (Å²) in [5, 5.41) is 3.62. The minimum atomic E-state index is -0.162. The number of aromatic nitrogens is 2. The Labute approximate surface area is 234 Å². The Morgan fingerprint density at radius 3 is 2.56 bits per heavy atom. The number of morpholine rings is 1. The predicted octanol–water partition coefficient (Wildman–Crippen LogP) is 3.57. The third-order valence-corrected chi connectivity index (χ3v) is 7.78. The number of pyridine rings is 1. The number of imidazole rings is 1. The number of carbonyl (C=O) groups is 2. The van der Waals surface area contributed by atoms with Gasteiger partial charge in [0, 0.05) is 62.2 Å². The van der Waals surface area contributed by atoms with E-state index in [1.54, 1.807) is 22.7 Å². The van der Waals surface area contributed by atoms with Crippen molar-refractivity contribution in [3.05, 3.63) is 64.6 Å². The summed E-state index contributed by atoms with van der Waals surface area (Å²) in [6, 6.07) is 11.7. The molecule has 1 N–H and O–H groups in total. The summed E-state index contributed by atoms with van der Waals surface area (Å²) in [5.41, 5.74) is 4.09. The van der Waals surface area contributed by atoms with Crippen molar-refractivity contribution >= 4 is 34.8 Å². The quantitative estimate of drug-likeness (QED) is 0.405. The number of hydrogen-bond donors (Lipinski definition) is 1. The van der Waals surface area contributed by atoms with Gasteiger partial charge in [-0.1, -0.05) is 30.7 Å². The van der Waals surface area contributed by atoms with E-state index in [1.165, 1.54) is 0 Å². The van der Waals surface area contributed by atoms with Gasteiger partial charge in [-0.3, -0.25) is 18.9 Å². The number of halogens is 1. The summed E-state index contributed by atoms with van der Waals surface area (Å²) < 4.78 is 12.7. The molecule has 2 aliphatic rings. The van der Waals surface area contributed by atoms with E-state index < -0.39 is 0 Å². The Balaban J connectivity index is 1.08. The summed E-state index contributed by atoms with van der Waals surface area (Å²) in [6.07, 6.45) is 4.01. The molecule has 4 heterocycles. The molecule has 0 bridgehead atoms. The molecule has 0 unspecified atom stereocenters. The lowest BCUT2D eigenvalue weighted by Gasteiger charge is -2.33. The maximum atomic E-state index is 13.0. The molecule has 2 saturated heterocycles. The Hall–Kier alpha value is -3.14. The fourth-order valence-corrected chi connectivity index (χ4v) is 5.39. The second-order valence-electron chi connectivity index (χ2n) is 10.1. The maximum Gasteiger partial charge on any atom is 0.309 e. The Kier molecular flexibility index (Phi) is 9.01. The average Bonchev–Trinajstić information content (AvgIpc) is 3.34. The number of anilines is 1. The highest BCUT2D eigenvalue weighted by atomic mass is 35.5. The van der Waals surface area contributed by atoms with Crippen LogP contribution in [0.4, 0.5) is 5.69 Å². The van der Waals surface area contributed by atoms with E-state index in [2.05, 4.69) is 32.2 Å². The van der Waals surface area contributed by atoms with Crippen LogP contribution in [0.25, 0.3) is 5.65 Å². The van der Waals surface area contributed by atoms with Crippen LogP contribution < -0.4 is 10.2 Å². The molecule has 10 heteroatoms. The van der Waals surface area contributed by atoms with Gasteiger partial charge in [0.25, 0.3) is 5.91 Å². The van der Waals surface area contributed by atoms with Crippen LogP contribution in [0.3, 0.4) is 0 Å². The van der Waals surface area contributed by atoms with Gasteiger partial charge in [0.15, 0.2) is 0 Å². The van der Waals surface area contributed by atoms with Crippen molar-refractivity contribution < 1.29 is 19.1 Å². The third kappa shape index (κ3) is 6.72. The number of nitrogens with one attached hydrogen (secondary N) is 1. The topological polar surface area (TPSA) is 88.4 Å². The number of esters is 1. The van der Waals surface area contributed by atoms with Crippen molar-refractivity contribution in [3.8, 4) is 0 Å². The molecule has 9 nitrogen and oxygen atoms in total. The Bertz CT molecular complexity index is 1280. The van der Waals surface area contributed by atoms with Crippen molar-refractivity contribution in [2.75, 3.05) is 57.4 Å². The molecule has 1 amide bonds. The molecular formula is C29H36ClN5O4. The van der Waals surface area contributed by atoms with Crippen LogP contribution >= 0.6 is 11.6 Å². The zero-order valence-corrected chi connectivity index (χ0v) is 23.2. The minimum Gasteiger partial charge on any atom is -0.464 e. The minimum absolute atomic E-state index is 0.0379. The second-order valence-corrected chi connectivity index (χ2v) is 10.5. The van der Waals surface area contributed by atoms with Crippen molar-refractivity contribution in [1.82, 2.24) is 19.6 Å². The molecule has 5 rings (SSSR count). The highest BCUT2D eigenvalue weighted by molar-refractivity contribution is 6.30. The third-order valence-electron chi connectivity index (χ3n) is 7.55. The van der Waals surface area contributed by atoms with Crippen LogP contribution in [0.5, 0.6) is 0 Å². The van der Waals surface area contributed by atoms with Crippen molar-refractivity contribution in [3.63, 3.8) is 0 Å². The monoisotopic (exact) mass is 553 g/mol. The highest BCUT2D eigenvalue weighted by Crippen LogP contribution is 2.25. The van der Waals surface area contributed by atoms with Gasteiger partial charge in [-0.25, -0.2) is 4.98 Å². The SMILES string of the molecule is CCc1nc2cc(Cl)ccn2c1C(=O)NCc1ccc(N2CCC(C(=O)OCCN3CCOCC3)CC2)cc1. The van der Waals surface area contributed by atoms with Gasteiger partial charge in [-0.2, -0.15) is 0 Å². The number of aryl methyl sites for hydroxylation is 1. The lowest BCUT2D eigenvalue weighted by Crippen LogP contribution is -2.40. The van der Waals surface area contributed by atoms with Gasteiger partial charge in [0.1, 0.15) is 17.9 Å². The van der Waals surface area contributed by atoms with Gasteiger partial charge in [0.2, 0.25) is 0 Å². The Morgan fingerprint density at radius 2 is 1.85 bits per heavy atom. The molecular weight excluding hydrogens is 518 g/mol. The van der Waals surface area contributed by atoms with E-state index in [4.69, 9.17) is 21.1 Å². The van der Waals surface area contributed by atoms with E-state index in [-0.39, 0.29) is 17.8 Å². The fraction of sp³-hybridized carbons (Fsp3) is 0.483. The molecule has 0 saturated carbocycles. The molecule has 0 spiro atoms. The first-order valence-corrected chi connectivity index (χ1v) is 14.1. The molecule has 2 aromatic heterocycles. The molecule has 2 aliphatic heterocycles. The van der Waals surface area contributed by atoms with Crippen molar-refractivity contribution in [2.24, 2.45) is 5.92 Å². The first-order chi connectivity index (χ1) is 19.0. The number of benzene rings is 1. The molecule has 0 atom stereocenters. The second kappa shape index (κ2) is 12.8. The van der Waals surface area contributed by atoms with Crippen LogP contribution in [0, 0.1) is 5.92 Å². The van der Waals surface area contributed by atoms with Crippen molar-refractivity contribution in [1.29, 1.82) is 0 Å². The number of fused-ring (bicyclic) bond motifs is 1. The number of piperidine rings is 1. The first kappa shape index (κ1) is 27.4. The standard InChI is InChI=1S/C29H36ClN5O4/c1-2-25-27(35-12-9-23(30)19-26(35)32-25)28(36)31-20-21-3-5-24(6-4-21)34-10-7-22(8-11-34)29(37)39-18-15-33-13-16-38-17-14-33/h3-6,9,12,19,22H,2,7-8,10-11,13-18,20H2,1H3,(H,31,36). The number of nitrogens with zero attached hydrogens (tertiary/aromatic N) is 4. The van der Waals surface area contributed by atoms with Crippen LogP contribution in [0.15, 0.2) is 42.6 Å². The number of hydrogen-bond acceptors (Lipinski definition) is 7. The lowest BCUT2D eigenvalue weighted by molar-refractivity contribution is -0.149. The summed E-state index contributed by atoms with van der Waals surface area (Å²) in [7, 11) is 0. The van der Waals surface area contributed by atoms with Gasteiger partial charge >= 0.3 is 5.97 Å². The van der Waals surface area contributed by atoms with E-state index in [9.17, 15) is 9.59 Å². The largest absolute Gasteiger partial charge is 0.464 e. The molecule has 2 fully saturated rings. The number of carbonyl (C=O) groups excluding carboxylic acids is 2. The molecule has 0 radical (unpaired) electrons. The first-order valence-electron chi connectivity index (χ1n) is 13.8. The highest BCUT2D eigenvalue weighted by Gasteiger charge is 2.26. The predicted molar refractivity (Wildman–Crippen MR) is 150 cm³/mol. The molecule has 208 valence electrons. The molecule has 3 aromatic rings. The van der Waals surface area contributed by atoms with Crippen LogP contribution in [0.2, 0.25) is 5.02 Å². The van der Waals surface area contributed by atoms with E-state index >= 15 is 0 Å². The number of rotatable bonds is 9. The average molecular weight is 554 g/mol. The van der Waals surface area contributed by atoms with E-state index in [0.717, 1.165) is 75.7 Å². The molecule has 1 aromatic carbocycles. The summed E-state index contributed by atoms with van der Waals surface area (Å²) >= 11 is 6.09. The number of amides is 1. The zero-order valence-electron chi connectivity index (χ0n) is 22.4. The fourth-order valence-electron chi connectivity index (χ4n) is 5.24. The van der Waals surface area contributed by atoms with E-state index in [1.807, 2.05) is 19.1 Å². The normalized spacial score (nSPS) is 16.9. The number of ether oxygens (including phenoxy) is 2. The van der Waals surface area contributed by atoms with Crippen LogP contribution in [-0.4, -0.2) is 78.7 Å². The lowest BCUT2D eigenvalue weighted by atomic mass is 9.96. The zero-order chi connectivity index (χ0) is 27.2. The summed E-state index contributed by atoms with van der Waals surface area (Å²) in [5.74, 6) is -0.275. The van der Waals surface area contributed by atoms with Gasteiger partial charge < -0.3 is 19.7 Å². The molecule has 0 aliphatic carbocycles. The van der Waals surface area contributed by atoms with Gasteiger partial charge in [-0.05, 0) is 43.0 Å². The van der Waals surface area contributed by atoms with Crippen LogP contribution in [-0.2, 0) is 27.2 Å². The summed E-state index contributed by atoms with van der Waals surface area (Å²) in [4.78, 5) is 34.7. The smallest absolute Gasteiger partial charge is 0.309 e. The maximum absolute atomic E-state index is 13.0. The van der Waals surface area contributed by atoms with Crippen LogP contribution in [0.1, 0.15) is 41.5 Å².